The summed E-state index contributed by atoms with van der Waals surface area (Å²) in [6.45, 7) is 7.66. The van der Waals surface area contributed by atoms with Gasteiger partial charge in [-0.05, 0) is 18.3 Å². The zero-order chi connectivity index (χ0) is 10.6. The van der Waals surface area contributed by atoms with Crippen molar-refractivity contribution in [3.63, 3.8) is 0 Å². The zero-order valence-electron chi connectivity index (χ0n) is 9.45. The third kappa shape index (κ3) is 3.66. The number of nitrogens with zero attached hydrogens (tertiary/aromatic N) is 1. The Kier molecular flexibility index (Phi) is 4.39. The Labute approximate surface area is 86.4 Å². The van der Waals surface area contributed by atoms with E-state index in [2.05, 4.69) is 23.5 Å². The maximum atomic E-state index is 11.0. The fourth-order valence-electron chi connectivity index (χ4n) is 2.33. The molecule has 0 saturated carbocycles. The van der Waals surface area contributed by atoms with Gasteiger partial charge in [-0.25, -0.2) is 0 Å². The molecule has 1 aliphatic rings. The lowest BCUT2D eigenvalue weighted by molar-refractivity contribution is -0.141. The minimum Gasteiger partial charge on any atom is -0.469 e. The van der Waals surface area contributed by atoms with E-state index in [4.69, 9.17) is 0 Å². The summed E-state index contributed by atoms with van der Waals surface area (Å²) in [6, 6.07) is 0. The fourth-order valence-corrected chi connectivity index (χ4v) is 2.33. The summed E-state index contributed by atoms with van der Waals surface area (Å²) in [5.41, 5.74) is 0. The van der Waals surface area contributed by atoms with Crippen LogP contribution in [-0.4, -0.2) is 37.6 Å². The molecule has 0 bridgehead atoms. The number of esters is 1. The molecule has 1 aliphatic heterocycles. The third-order valence-corrected chi connectivity index (χ3v) is 2.80. The summed E-state index contributed by atoms with van der Waals surface area (Å²) in [7, 11) is 1.45. The lowest BCUT2D eigenvalue weighted by atomic mass is 9.92. The molecule has 0 spiro atoms. The zero-order valence-corrected chi connectivity index (χ0v) is 9.45. The van der Waals surface area contributed by atoms with Crippen LogP contribution in [0.2, 0.25) is 0 Å². The van der Waals surface area contributed by atoms with Crippen molar-refractivity contribution in [3.8, 4) is 0 Å². The molecule has 2 atom stereocenters. The molecule has 0 aromatic rings. The first-order valence-corrected chi connectivity index (χ1v) is 5.41. The topological polar surface area (TPSA) is 29.5 Å². The Balaban J connectivity index is 2.26. The highest BCUT2D eigenvalue weighted by Gasteiger charge is 2.21. The van der Waals surface area contributed by atoms with Gasteiger partial charge in [0.1, 0.15) is 0 Å². The Morgan fingerprint density at radius 3 is 2.43 bits per heavy atom. The van der Waals surface area contributed by atoms with Crippen molar-refractivity contribution < 1.29 is 9.53 Å². The van der Waals surface area contributed by atoms with Crippen molar-refractivity contribution in [2.75, 3.05) is 26.7 Å². The van der Waals surface area contributed by atoms with E-state index < -0.39 is 0 Å². The van der Waals surface area contributed by atoms with Crippen molar-refractivity contribution in [1.29, 1.82) is 0 Å². The molecule has 0 aromatic heterocycles. The number of likely N-dealkylation sites (tertiary alicyclic amines) is 1. The van der Waals surface area contributed by atoms with E-state index >= 15 is 0 Å². The van der Waals surface area contributed by atoms with Gasteiger partial charge in [0.15, 0.2) is 0 Å². The molecule has 3 heteroatoms. The molecule has 1 heterocycles. The van der Waals surface area contributed by atoms with Crippen molar-refractivity contribution in [2.24, 2.45) is 11.8 Å². The maximum absolute atomic E-state index is 11.0. The van der Waals surface area contributed by atoms with Gasteiger partial charge in [-0.2, -0.15) is 0 Å². The number of ether oxygens (including phenoxy) is 1. The molecule has 1 fully saturated rings. The Morgan fingerprint density at radius 2 is 1.93 bits per heavy atom. The number of hydrogen-bond donors (Lipinski definition) is 0. The predicted octanol–water partition coefficient (Wildman–Crippen LogP) is 1.53. The minimum absolute atomic E-state index is 0.101. The van der Waals surface area contributed by atoms with Gasteiger partial charge in [-0.15, -0.1) is 0 Å². The second kappa shape index (κ2) is 5.35. The van der Waals surface area contributed by atoms with E-state index in [1.807, 2.05) is 0 Å². The quantitative estimate of drug-likeness (QED) is 0.646. The molecule has 14 heavy (non-hydrogen) atoms. The number of rotatable bonds is 3. The SMILES string of the molecule is COC(=O)CCN1C[C@H](C)C[C@H](C)C1. The van der Waals surface area contributed by atoms with E-state index in [-0.39, 0.29) is 5.97 Å². The second-order valence-corrected chi connectivity index (χ2v) is 4.53. The largest absolute Gasteiger partial charge is 0.469 e. The smallest absolute Gasteiger partial charge is 0.306 e. The third-order valence-electron chi connectivity index (χ3n) is 2.80. The van der Waals surface area contributed by atoms with Crippen LogP contribution in [0.25, 0.3) is 0 Å². The molecule has 82 valence electrons. The first-order valence-electron chi connectivity index (χ1n) is 5.41. The van der Waals surface area contributed by atoms with Gasteiger partial charge in [-0.3, -0.25) is 4.79 Å². The molecule has 1 rings (SSSR count). The lowest BCUT2D eigenvalue weighted by Gasteiger charge is -2.34. The van der Waals surface area contributed by atoms with Crippen LogP contribution in [-0.2, 0) is 9.53 Å². The standard InChI is InChI=1S/C11H21NO2/c1-9-6-10(2)8-12(7-9)5-4-11(13)14-3/h9-10H,4-8H2,1-3H3/t9-,10+. The Bertz CT molecular complexity index is 184. The average Bonchev–Trinajstić information content (AvgIpc) is 2.12. The number of methoxy groups -OCH3 is 1. The van der Waals surface area contributed by atoms with Crippen molar-refractivity contribution in [3.05, 3.63) is 0 Å². The summed E-state index contributed by atoms with van der Waals surface area (Å²) in [5.74, 6) is 1.42. The maximum Gasteiger partial charge on any atom is 0.306 e. The molecule has 1 saturated heterocycles. The summed E-state index contributed by atoms with van der Waals surface area (Å²) < 4.78 is 4.63. The summed E-state index contributed by atoms with van der Waals surface area (Å²) in [4.78, 5) is 13.3. The van der Waals surface area contributed by atoms with Crippen molar-refractivity contribution >= 4 is 5.97 Å². The van der Waals surface area contributed by atoms with Crippen LogP contribution in [0.3, 0.4) is 0 Å². The molecule has 0 aromatic carbocycles. The van der Waals surface area contributed by atoms with Gasteiger partial charge in [0.05, 0.1) is 13.5 Å². The molecule has 0 N–H and O–H groups in total. The van der Waals surface area contributed by atoms with Crippen LogP contribution >= 0.6 is 0 Å². The van der Waals surface area contributed by atoms with Crippen LogP contribution in [0.5, 0.6) is 0 Å². The first-order chi connectivity index (χ1) is 6.61. The Hall–Kier alpha value is -0.570. The van der Waals surface area contributed by atoms with Gasteiger partial charge in [0.25, 0.3) is 0 Å². The van der Waals surface area contributed by atoms with E-state index in [0.29, 0.717) is 6.42 Å². The highest BCUT2D eigenvalue weighted by molar-refractivity contribution is 5.69. The van der Waals surface area contributed by atoms with Crippen LogP contribution < -0.4 is 0 Å². The number of piperidine rings is 1. The van der Waals surface area contributed by atoms with E-state index in [9.17, 15) is 4.79 Å². The Morgan fingerprint density at radius 1 is 1.36 bits per heavy atom. The number of carbonyl (C=O) groups is 1. The molecule has 0 radical (unpaired) electrons. The molecule has 3 nitrogen and oxygen atoms in total. The second-order valence-electron chi connectivity index (χ2n) is 4.53. The van der Waals surface area contributed by atoms with Crippen LogP contribution in [0.1, 0.15) is 26.7 Å². The first kappa shape index (κ1) is 11.5. The molecular formula is C11H21NO2. The summed E-state index contributed by atoms with van der Waals surface area (Å²) in [6.07, 6.45) is 1.84. The van der Waals surface area contributed by atoms with E-state index in [1.54, 1.807) is 0 Å². The monoisotopic (exact) mass is 199 g/mol. The summed E-state index contributed by atoms with van der Waals surface area (Å²) >= 11 is 0. The van der Waals surface area contributed by atoms with E-state index in [0.717, 1.165) is 31.5 Å². The molecule has 0 unspecified atom stereocenters. The molecular weight excluding hydrogens is 178 g/mol. The van der Waals surface area contributed by atoms with Gasteiger partial charge < -0.3 is 9.64 Å². The average molecular weight is 199 g/mol. The van der Waals surface area contributed by atoms with Gasteiger partial charge in [0.2, 0.25) is 0 Å². The number of carbonyl (C=O) groups excluding carboxylic acids is 1. The fraction of sp³-hybridized carbons (Fsp3) is 0.909. The van der Waals surface area contributed by atoms with Gasteiger partial charge in [0, 0.05) is 19.6 Å². The number of hydrogen-bond acceptors (Lipinski definition) is 3. The van der Waals surface area contributed by atoms with Crippen LogP contribution in [0, 0.1) is 11.8 Å². The molecule has 0 amide bonds. The van der Waals surface area contributed by atoms with Gasteiger partial charge in [-0.1, -0.05) is 13.8 Å². The summed E-state index contributed by atoms with van der Waals surface area (Å²) in [5, 5.41) is 0. The van der Waals surface area contributed by atoms with E-state index in [1.165, 1.54) is 13.5 Å². The van der Waals surface area contributed by atoms with Crippen molar-refractivity contribution in [2.45, 2.75) is 26.7 Å². The highest BCUT2D eigenvalue weighted by Crippen LogP contribution is 2.20. The van der Waals surface area contributed by atoms with Gasteiger partial charge >= 0.3 is 5.97 Å². The van der Waals surface area contributed by atoms with Crippen molar-refractivity contribution in [1.82, 2.24) is 4.90 Å². The highest BCUT2D eigenvalue weighted by atomic mass is 16.5. The minimum atomic E-state index is -0.101. The lowest BCUT2D eigenvalue weighted by Crippen LogP contribution is -2.39. The predicted molar refractivity (Wildman–Crippen MR) is 56.0 cm³/mol. The molecule has 0 aliphatic carbocycles. The van der Waals surface area contributed by atoms with Crippen LogP contribution in [0.4, 0.5) is 0 Å². The normalized spacial score (nSPS) is 28.8. The van der Waals surface area contributed by atoms with Crippen LogP contribution in [0.15, 0.2) is 0 Å².